The summed E-state index contributed by atoms with van der Waals surface area (Å²) in [6, 6.07) is 9.88. The summed E-state index contributed by atoms with van der Waals surface area (Å²) in [6.45, 7) is 1.89. The predicted octanol–water partition coefficient (Wildman–Crippen LogP) is 1.65. The molecule has 0 aliphatic carbocycles. The fourth-order valence-corrected chi connectivity index (χ4v) is 3.25. The van der Waals surface area contributed by atoms with Crippen molar-refractivity contribution in [3.8, 4) is 0 Å². The number of quaternary nitrogens is 1. The maximum absolute atomic E-state index is 12.8. The van der Waals surface area contributed by atoms with Gasteiger partial charge in [0.15, 0.2) is 0 Å². The molecule has 0 aromatic heterocycles. The number of rotatable bonds is 2. The average molecular weight is 283 g/mol. The molecule has 1 fully saturated rings. The number of nitrogens with one attached hydrogen (secondary N) is 1. The first-order chi connectivity index (χ1) is 10.3. The number of likely N-dealkylation sites (tertiary alicyclic amines) is 1. The maximum Gasteiger partial charge on any atom is 0.254 e. The van der Waals surface area contributed by atoms with Crippen LogP contribution in [0, 0.1) is 0 Å². The Hall–Kier alpha value is -1.87. The fraction of sp³-hybridized carbons (Fsp3) is 0.389. The summed E-state index contributed by atoms with van der Waals surface area (Å²) in [7, 11) is 2.16. The summed E-state index contributed by atoms with van der Waals surface area (Å²) in [5.74, 6) is 0.165. The van der Waals surface area contributed by atoms with Gasteiger partial charge in [0.05, 0.1) is 19.3 Å². The Morgan fingerprint density at radius 2 is 2.05 bits per heavy atom. The molecule has 3 heteroatoms. The standard InChI is InChI=1S/C18H22N2O/c1-19-12-7-10-16(14-19)17-11-5-6-13-20(17)18(21)15-8-3-2-4-9-15/h2-4,7-10,14,17H,5-6,11-13H2,1H3/p+1. The number of benzene rings is 1. The first-order valence-electron chi connectivity index (χ1n) is 7.82. The predicted molar refractivity (Wildman–Crippen MR) is 84.1 cm³/mol. The van der Waals surface area contributed by atoms with Crippen LogP contribution in [0.4, 0.5) is 0 Å². The third kappa shape index (κ3) is 3.08. The van der Waals surface area contributed by atoms with Crippen LogP contribution in [0.1, 0.15) is 29.6 Å². The molecule has 0 radical (unpaired) electrons. The smallest absolute Gasteiger partial charge is 0.254 e. The largest absolute Gasteiger partial charge is 0.331 e. The van der Waals surface area contributed by atoms with E-state index in [1.54, 1.807) is 0 Å². The van der Waals surface area contributed by atoms with E-state index in [2.05, 4.69) is 30.3 Å². The second kappa shape index (κ2) is 6.27. The van der Waals surface area contributed by atoms with Crippen LogP contribution >= 0.6 is 0 Å². The van der Waals surface area contributed by atoms with Gasteiger partial charge in [0.1, 0.15) is 6.54 Å². The number of carbonyl (C=O) groups excluding carboxylic acids is 1. The zero-order valence-electron chi connectivity index (χ0n) is 12.6. The lowest BCUT2D eigenvalue weighted by Gasteiger charge is -2.37. The van der Waals surface area contributed by atoms with E-state index in [1.165, 1.54) is 16.9 Å². The van der Waals surface area contributed by atoms with Gasteiger partial charge in [-0.15, -0.1) is 0 Å². The van der Waals surface area contributed by atoms with Gasteiger partial charge in [-0.1, -0.05) is 24.3 Å². The Morgan fingerprint density at radius 3 is 2.81 bits per heavy atom. The molecule has 3 nitrogen and oxygen atoms in total. The number of amides is 1. The van der Waals surface area contributed by atoms with Crippen LogP contribution < -0.4 is 4.90 Å². The highest BCUT2D eigenvalue weighted by atomic mass is 16.2. The Balaban J connectivity index is 1.85. The molecule has 1 N–H and O–H groups in total. The summed E-state index contributed by atoms with van der Waals surface area (Å²) < 4.78 is 0. The van der Waals surface area contributed by atoms with Gasteiger partial charge in [-0.2, -0.15) is 0 Å². The number of nitrogens with zero attached hydrogens (tertiary/aromatic N) is 1. The fourth-order valence-electron chi connectivity index (χ4n) is 3.25. The molecule has 2 unspecified atom stereocenters. The third-order valence-corrected chi connectivity index (χ3v) is 4.33. The molecule has 0 spiro atoms. The Morgan fingerprint density at radius 1 is 1.24 bits per heavy atom. The van der Waals surface area contributed by atoms with Crippen molar-refractivity contribution in [3.05, 3.63) is 59.8 Å². The molecule has 2 aliphatic rings. The van der Waals surface area contributed by atoms with Crippen molar-refractivity contribution >= 4 is 5.91 Å². The highest BCUT2D eigenvalue weighted by molar-refractivity contribution is 5.94. The molecule has 2 atom stereocenters. The van der Waals surface area contributed by atoms with Crippen LogP contribution in [-0.2, 0) is 0 Å². The summed E-state index contributed by atoms with van der Waals surface area (Å²) in [5.41, 5.74) is 2.09. The summed E-state index contributed by atoms with van der Waals surface area (Å²) >= 11 is 0. The normalized spacial score (nSPS) is 25.6. The van der Waals surface area contributed by atoms with Crippen molar-refractivity contribution in [2.45, 2.75) is 25.3 Å². The minimum Gasteiger partial charge on any atom is -0.331 e. The van der Waals surface area contributed by atoms with E-state index in [0.717, 1.165) is 31.5 Å². The van der Waals surface area contributed by atoms with Crippen molar-refractivity contribution in [3.63, 3.8) is 0 Å². The molecule has 2 heterocycles. The number of hydrogen-bond acceptors (Lipinski definition) is 1. The number of likely N-dealkylation sites (N-methyl/N-ethyl adjacent to an activating group) is 1. The first kappa shape index (κ1) is 14.1. The molecule has 1 saturated heterocycles. The zero-order valence-corrected chi connectivity index (χ0v) is 12.6. The molecule has 21 heavy (non-hydrogen) atoms. The molecule has 0 bridgehead atoms. The minimum absolute atomic E-state index is 0.165. The quantitative estimate of drug-likeness (QED) is 0.877. The van der Waals surface area contributed by atoms with Crippen LogP contribution in [0.3, 0.4) is 0 Å². The molecule has 3 rings (SSSR count). The van der Waals surface area contributed by atoms with Crippen LogP contribution in [0.5, 0.6) is 0 Å². The second-order valence-corrected chi connectivity index (χ2v) is 5.97. The SMILES string of the molecule is C[NH+]1C=C(C2CCCCN2C(=O)c2ccccc2)C=CC1. The van der Waals surface area contributed by atoms with E-state index in [1.807, 2.05) is 30.3 Å². The third-order valence-electron chi connectivity index (χ3n) is 4.33. The van der Waals surface area contributed by atoms with E-state index in [-0.39, 0.29) is 11.9 Å². The van der Waals surface area contributed by atoms with Crippen LogP contribution in [0.25, 0.3) is 0 Å². The van der Waals surface area contributed by atoms with Gasteiger partial charge in [-0.3, -0.25) is 4.79 Å². The highest BCUT2D eigenvalue weighted by Crippen LogP contribution is 2.25. The van der Waals surface area contributed by atoms with Crippen LogP contribution in [0.15, 0.2) is 54.3 Å². The Labute approximate surface area is 126 Å². The van der Waals surface area contributed by atoms with Gasteiger partial charge in [-0.25, -0.2) is 0 Å². The summed E-state index contributed by atoms with van der Waals surface area (Å²) in [6.07, 6.45) is 10.1. The maximum atomic E-state index is 12.8. The average Bonchev–Trinajstić information content (AvgIpc) is 2.55. The van der Waals surface area contributed by atoms with Crippen LogP contribution in [0.2, 0.25) is 0 Å². The van der Waals surface area contributed by atoms with Crippen molar-refractivity contribution < 1.29 is 9.69 Å². The monoisotopic (exact) mass is 283 g/mol. The molecular weight excluding hydrogens is 260 g/mol. The molecule has 110 valence electrons. The molecule has 1 aromatic carbocycles. The topological polar surface area (TPSA) is 24.8 Å². The van der Waals surface area contributed by atoms with Crippen molar-refractivity contribution in [1.82, 2.24) is 4.90 Å². The first-order valence-corrected chi connectivity index (χ1v) is 7.82. The number of carbonyl (C=O) groups is 1. The van der Waals surface area contributed by atoms with E-state index >= 15 is 0 Å². The van der Waals surface area contributed by atoms with Gasteiger partial charge in [0, 0.05) is 17.7 Å². The second-order valence-electron chi connectivity index (χ2n) is 5.97. The number of hydrogen-bond donors (Lipinski definition) is 1. The van der Waals surface area contributed by atoms with Crippen molar-refractivity contribution in [2.75, 3.05) is 20.1 Å². The summed E-state index contributed by atoms with van der Waals surface area (Å²) in [4.78, 5) is 16.2. The van der Waals surface area contributed by atoms with Gasteiger partial charge < -0.3 is 9.80 Å². The van der Waals surface area contributed by atoms with Crippen LogP contribution in [-0.4, -0.2) is 37.0 Å². The van der Waals surface area contributed by atoms with Gasteiger partial charge in [0.25, 0.3) is 5.91 Å². The molecule has 2 aliphatic heterocycles. The molecule has 1 amide bonds. The zero-order chi connectivity index (χ0) is 14.7. The minimum atomic E-state index is 0.165. The molecule has 0 saturated carbocycles. The summed E-state index contributed by atoms with van der Waals surface area (Å²) in [5, 5.41) is 0. The Kier molecular flexibility index (Phi) is 4.20. The van der Waals surface area contributed by atoms with Gasteiger partial charge in [-0.05, 0) is 37.5 Å². The van der Waals surface area contributed by atoms with Crippen molar-refractivity contribution in [2.24, 2.45) is 0 Å². The Bertz CT molecular complexity index is 562. The van der Waals surface area contributed by atoms with E-state index in [4.69, 9.17) is 0 Å². The van der Waals surface area contributed by atoms with Gasteiger partial charge in [0.2, 0.25) is 0 Å². The lowest BCUT2D eigenvalue weighted by molar-refractivity contribution is -0.819. The van der Waals surface area contributed by atoms with E-state index < -0.39 is 0 Å². The molecule has 1 aromatic rings. The lowest BCUT2D eigenvalue weighted by Crippen LogP contribution is -3.04. The van der Waals surface area contributed by atoms with E-state index in [0.29, 0.717) is 0 Å². The molecular formula is C18H23N2O+. The van der Waals surface area contributed by atoms with Crippen molar-refractivity contribution in [1.29, 1.82) is 0 Å². The lowest BCUT2D eigenvalue weighted by atomic mass is 9.93. The van der Waals surface area contributed by atoms with E-state index in [9.17, 15) is 4.79 Å². The van der Waals surface area contributed by atoms with Gasteiger partial charge >= 0.3 is 0 Å². The number of piperidine rings is 1. The highest BCUT2D eigenvalue weighted by Gasteiger charge is 2.30.